The third-order valence-electron chi connectivity index (χ3n) is 2.88. The van der Waals surface area contributed by atoms with Crippen molar-refractivity contribution in [1.29, 1.82) is 0 Å². The molecule has 1 unspecified atom stereocenters. The quantitative estimate of drug-likeness (QED) is 0.823. The largest absolute Gasteiger partial charge is 0.325 e. The van der Waals surface area contributed by atoms with Crippen LogP contribution in [0.15, 0.2) is 46.5 Å². The van der Waals surface area contributed by atoms with E-state index in [1.807, 2.05) is 0 Å². The minimum Gasteiger partial charge on any atom is -0.325 e. The van der Waals surface area contributed by atoms with Gasteiger partial charge in [-0.25, -0.2) is 21.6 Å². The van der Waals surface area contributed by atoms with Crippen molar-refractivity contribution >= 4 is 28.2 Å². The van der Waals surface area contributed by atoms with Crippen molar-refractivity contribution in [2.24, 2.45) is 0 Å². The van der Waals surface area contributed by atoms with E-state index in [0.717, 1.165) is 6.07 Å². The van der Waals surface area contributed by atoms with Gasteiger partial charge in [-0.3, -0.25) is 4.79 Å². The van der Waals surface area contributed by atoms with Crippen LogP contribution in [0, 0.1) is 0 Å². The highest BCUT2D eigenvalue weighted by Gasteiger charge is 2.25. The molecule has 118 valence electrons. The van der Waals surface area contributed by atoms with Crippen LogP contribution in [0.2, 0.25) is 5.02 Å². The molecule has 0 fully saturated rings. The summed E-state index contributed by atoms with van der Waals surface area (Å²) < 4.78 is 61.1. The van der Waals surface area contributed by atoms with Crippen molar-refractivity contribution in [3.05, 3.63) is 52.2 Å². The summed E-state index contributed by atoms with van der Waals surface area (Å²) in [6.45, 7) is 0. The lowest BCUT2D eigenvalue weighted by molar-refractivity contribution is 0.0962. The predicted octanol–water partition coefficient (Wildman–Crippen LogP) is 2.82. The lowest BCUT2D eigenvalue weighted by atomic mass is 10.1. The van der Waals surface area contributed by atoms with E-state index in [-0.39, 0.29) is 21.2 Å². The van der Waals surface area contributed by atoms with Gasteiger partial charge in [0, 0.05) is 17.7 Å². The van der Waals surface area contributed by atoms with E-state index in [1.54, 1.807) is 0 Å². The van der Waals surface area contributed by atoms with Gasteiger partial charge in [0.05, 0.1) is 9.92 Å². The normalized spacial score (nSPS) is 18.4. The molecule has 1 aliphatic rings. The SMILES string of the molecule is O=C(NC1=CC(F)=C(F)C(F)C1)c1ccc(Cl)c([SH](=O)=O)c1. The molecule has 1 aromatic carbocycles. The molecule has 4 nitrogen and oxygen atoms in total. The van der Waals surface area contributed by atoms with E-state index in [2.05, 4.69) is 5.32 Å². The maximum atomic E-state index is 13.2. The van der Waals surface area contributed by atoms with Gasteiger partial charge in [-0.1, -0.05) is 11.6 Å². The molecule has 0 saturated heterocycles. The number of benzene rings is 1. The molecule has 0 heterocycles. The highest BCUT2D eigenvalue weighted by atomic mass is 35.5. The monoisotopic (exact) mass is 351 g/mol. The fourth-order valence-electron chi connectivity index (χ4n) is 1.81. The van der Waals surface area contributed by atoms with Crippen molar-refractivity contribution in [2.45, 2.75) is 17.5 Å². The number of amides is 1. The fraction of sp³-hybridized carbons (Fsp3) is 0.154. The van der Waals surface area contributed by atoms with Crippen LogP contribution in [0.25, 0.3) is 0 Å². The van der Waals surface area contributed by atoms with E-state index in [1.165, 1.54) is 12.1 Å². The minimum absolute atomic E-state index is 0.0515. The second-order valence-electron chi connectivity index (χ2n) is 4.41. The van der Waals surface area contributed by atoms with E-state index >= 15 is 0 Å². The summed E-state index contributed by atoms with van der Waals surface area (Å²) in [7, 11) is -3.00. The highest BCUT2D eigenvalue weighted by molar-refractivity contribution is 7.72. The summed E-state index contributed by atoms with van der Waals surface area (Å²) in [5.41, 5.74) is -0.218. The van der Waals surface area contributed by atoms with Crippen LogP contribution in [0.1, 0.15) is 16.8 Å². The van der Waals surface area contributed by atoms with Gasteiger partial charge >= 0.3 is 0 Å². The maximum absolute atomic E-state index is 13.2. The Balaban J connectivity index is 2.24. The molecule has 1 atom stereocenters. The number of hydrogen-bond acceptors (Lipinski definition) is 3. The lowest BCUT2D eigenvalue weighted by Crippen LogP contribution is -2.26. The summed E-state index contributed by atoms with van der Waals surface area (Å²) in [4.78, 5) is 11.7. The lowest BCUT2D eigenvalue weighted by Gasteiger charge is -2.16. The third-order valence-corrected chi connectivity index (χ3v) is 4.11. The Morgan fingerprint density at radius 2 is 2.00 bits per heavy atom. The Morgan fingerprint density at radius 3 is 2.59 bits per heavy atom. The Kier molecular flexibility index (Phi) is 4.92. The van der Waals surface area contributed by atoms with Crippen LogP contribution in [0.3, 0.4) is 0 Å². The number of thiol groups is 1. The van der Waals surface area contributed by atoms with Gasteiger partial charge in [-0.05, 0) is 24.3 Å². The predicted molar refractivity (Wildman–Crippen MR) is 74.3 cm³/mol. The van der Waals surface area contributed by atoms with Crippen LogP contribution < -0.4 is 5.32 Å². The van der Waals surface area contributed by atoms with Crippen LogP contribution in [0.5, 0.6) is 0 Å². The molecular weight excluding hydrogens is 343 g/mol. The second kappa shape index (κ2) is 6.53. The standard InChI is InChI=1S/C13H9ClF3NO3S/c14-8-2-1-6(3-11(8)22(20)21)13(19)18-7-4-9(15)12(17)10(16)5-7/h1-4,10,22H,5H2,(H,18,19). The zero-order valence-corrected chi connectivity index (χ0v) is 12.4. The summed E-state index contributed by atoms with van der Waals surface area (Å²) in [6.07, 6.45) is -2.02. The van der Waals surface area contributed by atoms with Crippen LogP contribution in [0.4, 0.5) is 13.2 Å². The van der Waals surface area contributed by atoms with E-state index in [0.29, 0.717) is 6.08 Å². The molecule has 0 bridgehead atoms. The fourth-order valence-corrected chi connectivity index (χ4v) is 2.63. The number of carbonyl (C=O) groups is 1. The van der Waals surface area contributed by atoms with Gasteiger partial charge in [0.2, 0.25) is 0 Å². The molecule has 0 aromatic heterocycles. The molecular formula is C13H9ClF3NO3S. The highest BCUT2D eigenvalue weighted by Crippen LogP contribution is 2.27. The second-order valence-corrected chi connectivity index (χ2v) is 5.82. The number of hydrogen-bond donors (Lipinski definition) is 2. The Morgan fingerprint density at radius 1 is 1.32 bits per heavy atom. The number of alkyl halides is 1. The van der Waals surface area contributed by atoms with E-state index < -0.39 is 40.9 Å². The molecule has 0 saturated carbocycles. The number of halogens is 4. The van der Waals surface area contributed by atoms with Gasteiger partial charge in [0.1, 0.15) is 0 Å². The number of carbonyl (C=O) groups excluding carboxylic acids is 1. The molecule has 0 radical (unpaired) electrons. The topological polar surface area (TPSA) is 63.2 Å². The number of allylic oxidation sites excluding steroid dienone is 4. The smallest absolute Gasteiger partial charge is 0.255 e. The number of rotatable bonds is 3. The summed E-state index contributed by atoms with van der Waals surface area (Å²) >= 11 is 5.67. The molecule has 0 spiro atoms. The van der Waals surface area contributed by atoms with Crippen LogP contribution in [-0.2, 0) is 10.7 Å². The van der Waals surface area contributed by atoms with E-state index in [9.17, 15) is 26.4 Å². The Bertz CT molecular complexity index is 766. The summed E-state index contributed by atoms with van der Waals surface area (Å²) in [5.74, 6) is -3.70. The van der Waals surface area contributed by atoms with Crippen LogP contribution >= 0.6 is 11.6 Å². The molecule has 1 aliphatic carbocycles. The van der Waals surface area contributed by atoms with E-state index in [4.69, 9.17) is 11.6 Å². The molecule has 0 aliphatic heterocycles. The van der Waals surface area contributed by atoms with Crippen molar-refractivity contribution in [1.82, 2.24) is 5.32 Å². The van der Waals surface area contributed by atoms with Crippen LogP contribution in [-0.4, -0.2) is 20.5 Å². The summed E-state index contributed by atoms with van der Waals surface area (Å²) in [5, 5.41) is 2.15. The first kappa shape index (κ1) is 16.6. The summed E-state index contributed by atoms with van der Waals surface area (Å²) in [6, 6.07) is 3.50. The van der Waals surface area contributed by atoms with Crippen molar-refractivity contribution in [2.75, 3.05) is 0 Å². The minimum atomic E-state index is -3.00. The Labute approximate surface area is 130 Å². The molecule has 9 heteroatoms. The molecule has 1 N–H and O–H groups in total. The first-order chi connectivity index (χ1) is 10.3. The molecule has 2 rings (SSSR count). The number of nitrogens with one attached hydrogen (secondary N) is 1. The molecule has 1 aromatic rings. The Hall–Kier alpha value is -1.80. The van der Waals surface area contributed by atoms with Crippen molar-refractivity contribution < 1.29 is 26.4 Å². The van der Waals surface area contributed by atoms with Crippen molar-refractivity contribution in [3.63, 3.8) is 0 Å². The van der Waals surface area contributed by atoms with Gasteiger partial charge in [0.15, 0.2) is 28.5 Å². The molecule has 22 heavy (non-hydrogen) atoms. The first-order valence-electron chi connectivity index (χ1n) is 5.94. The maximum Gasteiger partial charge on any atom is 0.255 e. The zero-order valence-electron chi connectivity index (χ0n) is 10.8. The first-order valence-corrected chi connectivity index (χ1v) is 7.50. The van der Waals surface area contributed by atoms with Gasteiger partial charge < -0.3 is 5.32 Å². The van der Waals surface area contributed by atoms with Gasteiger partial charge in [-0.2, -0.15) is 0 Å². The molecule has 1 amide bonds. The van der Waals surface area contributed by atoms with Gasteiger partial charge in [-0.15, -0.1) is 0 Å². The average Bonchev–Trinajstić information content (AvgIpc) is 2.44. The third kappa shape index (κ3) is 3.50. The van der Waals surface area contributed by atoms with Gasteiger partial charge in [0.25, 0.3) is 5.91 Å². The van der Waals surface area contributed by atoms with Crippen molar-refractivity contribution in [3.8, 4) is 0 Å². The average molecular weight is 352 g/mol. The zero-order chi connectivity index (χ0) is 16.4.